The fourth-order valence-corrected chi connectivity index (χ4v) is 3.91. The molecule has 0 bridgehead atoms. The minimum atomic E-state index is -3.81. The van der Waals surface area contributed by atoms with E-state index in [9.17, 15) is 8.42 Å². The number of methoxy groups -OCH3 is 2. The van der Waals surface area contributed by atoms with E-state index in [0.717, 1.165) is 16.9 Å². The van der Waals surface area contributed by atoms with Crippen molar-refractivity contribution in [2.45, 2.75) is 11.8 Å². The van der Waals surface area contributed by atoms with Crippen molar-refractivity contribution < 1.29 is 17.9 Å². The third-order valence-corrected chi connectivity index (χ3v) is 5.64. The Morgan fingerprint density at radius 1 is 0.821 bits per heavy atom. The first-order valence-electron chi connectivity index (χ1n) is 8.60. The molecule has 0 heterocycles. The molecule has 3 aromatic carbocycles. The van der Waals surface area contributed by atoms with E-state index < -0.39 is 10.0 Å². The van der Waals surface area contributed by atoms with Crippen LogP contribution in [-0.4, -0.2) is 22.6 Å². The summed E-state index contributed by atoms with van der Waals surface area (Å²) in [5.74, 6) is 0.729. The molecular weight excluding hydrogens is 376 g/mol. The second-order valence-corrected chi connectivity index (χ2v) is 7.79. The summed E-state index contributed by atoms with van der Waals surface area (Å²) in [6.07, 6.45) is 0. The number of aryl methyl sites for hydroxylation is 1. The second-order valence-electron chi connectivity index (χ2n) is 6.14. The van der Waals surface area contributed by atoms with Crippen molar-refractivity contribution in [1.82, 2.24) is 0 Å². The van der Waals surface area contributed by atoms with E-state index >= 15 is 0 Å². The quantitative estimate of drug-likeness (QED) is 0.610. The van der Waals surface area contributed by atoms with Gasteiger partial charge in [-0.3, -0.25) is 4.72 Å². The van der Waals surface area contributed by atoms with Gasteiger partial charge in [0, 0.05) is 23.1 Å². The fourth-order valence-electron chi connectivity index (χ4n) is 2.70. The predicted molar refractivity (Wildman–Crippen MR) is 111 cm³/mol. The summed E-state index contributed by atoms with van der Waals surface area (Å²) in [7, 11) is -0.886. The number of hydrogen-bond acceptors (Lipinski definition) is 5. The number of rotatable bonds is 7. The Labute approximate surface area is 165 Å². The minimum absolute atomic E-state index is 0.0397. The van der Waals surface area contributed by atoms with E-state index in [1.54, 1.807) is 18.2 Å². The Morgan fingerprint density at radius 2 is 1.50 bits per heavy atom. The molecule has 0 atom stereocenters. The van der Waals surface area contributed by atoms with Gasteiger partial charge in [0.1, 0.15) is 16.4 Å². The minimum Gasteiger partial charge on any atom is -0.497 e. The molecule has 0 unspecified atom stereocenters. The van der Waals surface area contributed by atoms with Crippen LogP contribution < -0.4 is 19.5 Å². The van der Waals surface area contributed by atoms with Crippen LogP contribution in [0.3, 0.4) is 0 Å². The number of benzene rings is 3. The van der Waals surface area contributed by atoms with Crippen LogP contribution in [0.2, 0.25) is 0 Å². The SMILES string of the molecule is COc1ccc(S(=O)(=O)Nc2ccc(Nc3ccccc3C)cc2)c(OC)c1. The lowest BCUT2D eigenvalue weighted by Gasteiger charge is -2.13. The molecule has 146 valence electrons. The molecule has 0 aliphatic carbocycles. The van der Waals surface area contributed by atoms with Crippen LogP contribution in [0.4, 0.5) is 17.1 Å². The Bertz CT molecular complexity index is 1060. The van der Waals surface area contributed by atoms with Gasteiger partial charge in [0.15, 0.2) is 0 Å². The summed E-state index contributed by atoms with van der Waals surface area (Å²) in [6, 6.07) is 19.5. The van der Waals surface area contributed by atoms with Gasteiger partial charge >= 0.3 is 0 Å². The number of sulfonamides is 1. The summed E-state index contributed by atoms with van der Waals surface area (Å²) in [6.45, 7) is 2.02. The molecule has 0 fully saturated rings. The first kappa shape index (κ1) is 19.6. The summed E-state index contributed by atoms with van der Waals surface area (Å²) < 4.78 is 38.4. The van der Waals surface area contributed by atoms with Gasteiger partial charge in [-0.1, -0.05) is 18.2 Å². The van der Waals surface area contributed by atoms with Crippen molar-refractivity contribution in [1.29, 1.82) is 0 Å². The van der Waals surface area contributed by atoms with Crippen molar-refractivity contribution in [2.75, 3.05) is 24.3 Å². The van der Waals surface area contributed by atoms with E-state index in [2.05, 4.69) is 10.0 Å². The van der Waals surface area contributed by atoms with Gasteiger partial charge < -0.3 is 14.8 Å². The average molecular weight is 398 g/mol. The molecule has 0 aliphatic rings. The largest absolute Gasteiger partial charge is 0.497 e. The van der Waals surface area contributed by atoms with Crippen molar-refractivity contribution in [2.24, 2.45) is 0 Å². The molecule has 0 saturated carbocycles. The topological polar surface area (TPSA) is 76.7 Å². The lowest BCUT2D eigenvalue weighted by atomic mass is 10.2. The van der Waals surface area contributed by atoms with Crippen molar-refractivity contribution in [3.05, 3.63) is 72.3 Å². The van der Waals surface area contributed by atoms with Crippen molar-refractivity contribution in [3.8, 4) is 11.5 Å². The normalized spacial score (nSPS) is 11.0. The molecule has 0 aliphatic heterocycles. The molecule has 0 amide bonds. The van der Waals surface area contributed by atoms with Gasteiger partial charge in [-0.25, -0.2) is 8.42 Å². The van der Waals surface area contributed by atoms with Gasteiger partial charge in [-0.05, 0) is 55.0 Å². The molecule has 6 nitrogen and oxygen atoms in total. The smallest absolute Gasteiger partial charge is 0.265 e. The number of ether oxygens (including phenoxy) is 2. The molecule has 0 aromatic heterocycles. The van der Waals surface area contributed by atoms with Gasteiger partial charge in [-0.15, -0.1) is 0 Å². The molecule has 28 heavy (non-hydrogen) atoms. The molecule has 3 aromatic rings. The van der Waals surface area contributed by atoms with E-state index in [0.29, 0.717) is 11.4 Å². The van der Waals surface area contributed by atoms with Crippen LogP contribution in [0.5, 0.6) is 11.5 Å². The predicted octanol–water partition coefficient (Wildman–Crippen LogP) is 4.56. The molecule has 0 spiro atoms. The summed E-state index contributed by atoms with van der Waals surface area (Å²) in [4.78, 5) is 0.0397. The maximum Gasteiger partial charge on any atom is 0.265 e. The average Bonchev–Trinajstić information content (AvgIpc) is 2.70. The van der Waals surface area contributed by atoms with Crippen LogP contribution in [0.1, 0.15) is 5.56 Å². The first-order chi connectivity index (χ1) is 13.4. The van der Waals surface area contributed by atoms with Gasteiger partial charge in [0.25, 0.3) is 10.0 Å². The Morgan fingerprint density at radius 3 is 2.14 bits per heavy atom. The molecule has 2 N–H and O–H groups in total. The molecule has 7 heteroatoms. The Balaban J connectivity index is 1.79. The van der Waals surface area contributed by atoms with Crippen LogP contribution >= 0.6 is 0 Å². The standard InChI is InChI=1S/C21H22N2O4S/c1-15-6-4-5-7-19(15)22-16-8-10-17(11-9-16)23-28(24,25)21-13-12-18(26-2)14-20(21)27-3/h4-14,22-23H,1-3H3. The van der Waals surface area contributed by atoms with Gasteiger partial charge in [-0.2, -0.15) is 0 Å². The molecule has 0 radical (unpaired) electrons. The monoisotopic (exact) mass is 398 g/mol. The van der Waals surface area contributed by atoms with E-state index in [-0.39, 0.29) is 10.6 Å². The highest BCUT2D eigenvalue weighted by atomic mass is 32.2. The summed E-state index contributed by atoms with van der Waals surface area (Å²) >= 11 is 0. The molecule has 0 saturated heterocycles. The van der Waals surface area contributed by atoms with Crippen LogP contribution in [-0.2, 0) is 10.0 Å². The lowest BCUT2D eigenvalue weighted by Crippen LogP contribution is -2.14. The highest BCUT2D eigenvalue weighted by Gasteiger charge is 2.20. The van der Waals surface area contributed by atoms with E-state index in [1.807, 2.05) is 43.3 Å². The van der Waals surface area contributed by atoms with Crippen LogP contribution in [0.25, 0.3) is 0 Å². The van der Waals surface area contributed by atoms with E-state index in [1.165, 1.54) is 26.4 Å². The maximum absolute atomic E-state index is 12.8. The Kier molecular flexibility index (Phi) is 5.75. The number of nitrogens with one attached hydrogen (secondary N) is 2. The zero-order valence-electron chi connectivity index (χ0n) is 15.9. The molecular formula is C21H22N2O4S. The second kappa shape index (κ2) is 8.22. The van der Waals surface area contributed by atoms with Crippen molar-refractivity contribution in [3.63, 3.8) is 0 Å². The van der Waals surface area contributed by atoms with E-state index in [4.69, 9.17) is 9.47 Å². The maximum atomic E-state index is 12.8. The molecule has 3 rings (SSSR count). The number of hydrogen-bond donors (Lipinski definition) is 2. The zero-order chi connectivity index (χ0) is 20.1. The highest BCUT2D eigenvalue weighted by molar-refractivity contribution is 7.92. The first-order valence-corrected chi connectivity index (χ1v) is 10.1. The number of para-hydroxylation sites is 1. The third kappa shape index (κ3) is 4.37. The van der Waals surface area contributed by atoms with Gasteiger partial charge in [0.05, 0.1) is 14.2 Å². The van der Waals surface area contributed by atoms with Crippen molar-refractivity contribution >= 4 is 27.1 Å². The van der Waals surface area contributed by atoms with Crippen LogP contribution in [0, 0.1) is 6.92 Å². The number of anilines is 3. The summed E-state index contributed by atoms with van der Waals surface area (Å²) in [5.41, 5.74) is 3.44. The third-order valence-electron chi connectivity index (χ3n) is 4.22. The lowest BCUT2D eigenvalue weighted by molar-refractivity contribution is 0.386. The Hall–Kier alpha value is -3.19. The van der Waals surface area contributed by atoms with Gasteiger partial charge in [0.2, 0.25) is 0 Å². The zero-order valence-corrected chi connectivity index (χ0v) is 16.7. The fraction of sp³-hybridized carbons (Fsp3) is 0.143. The highest BCUT2D eigenvalue weighted by Crippen LogP contribution is 2.30. The summed E-state index contributed by atoms with van der Waals surface area (Å²) in [5, 5.41) is 3.31. The van der Waals surface area contributed by atoms with Crippen LogP contribution in [0.15, 0.2) is 71.6 Å².